The Morgan fingerprint density at radius 3 is 2.67 bits per heavy atom. The first-order chi connectivity index (χ1) is 17.4. The van der Waals surface area contributed by atoms with Crippen LogP contribution in [0.4, 0.5) is 5.69 Å². The SMILES string of the molecule is CCOc1ccc(-n2c(SCC(=O)Nc3ccc(C)cc3)nc3sc4c(c3c2=O)CCC(C)C4)cc1. The first-order valence-electron chi connectivity index (χ1n) is 12.2. The minimum atomic E-state index is -0.143. The van der Waals surface area contributed by atoms with Crippen LogP contribution in [0, 0.1) is 12.8 Å². The van der Waals surface area contributed by atoms with Gasteiger partial charge in [0.25, 0.3) is 5.56 Å². The zero-order valence-electron chi connectivity index (χ0n) is 20.7. The third-order valence-electron chi connectivity index (χ3n) is 6.37. The van der Waals surface area contributed by atoms with Gasteiger partial charge in [-0.05, 0) is 81.0 Å². The number of carbonyl (C=O) groups is 1. The molecule has 36 heavy (non-hydrogen) atoms. The van der Waals surface area contributed by atoms with E-state index < -0.39 is 0 Å². The van der Waals surface area contributed by atoms with E-state index in [1.165, 1.54) is 16.6 Å². The molecule has 186 valence electrons. The number of carbonyl (C=O) groups excluding carboxylic acids is 1. The smallest absolute Gasteiger partial charge is 0.267 e. The van der Waals surface area contributed by atoms with Gasteiger partial charge in [-0.3, -0.25) is 14.2 Å². The molecule has 5 rings (SSSR count). The molecule has 8 heteroatoms. The third kappa shape index (κ3) is 5.06. The van der Waals surface area contributed by atoms with Gasteiger partial charge < -0.3 is 10.1 Å². The molecule has 2 aromatic heterocycles. The number of fused-ring (bicyclic) bond motifs is 3. The van der Waals surface area contributed by atoms with Gasteiger partial charge in [0.2, 0.25) is 5.91 Å². The zero-order valence-corrected chi connectivity index (χ0v) is 22.3. The number of thiophene rings is 1. The minimum absolute atomic E-state index is 0.0716. The summed E-state index contributed by atoms with van der Waals surface area (Å²) in [6, 6.07) is 15.2. The number of thioether (sulfide) groups is 1. The average molecular weight is 520 g/mol. The fraction of sp³-hybridized carbons (Fsp3) is 0.321. The molecule has 1 aliphatic carbocycles. The van der Waals surface area contributed by atoms with Gasteiger partial charge in [0.05, 0.1) is 23.4 Å². The van der Waals surface area contributed by atoms with Crippen LogP contribution in [-0.4, -0.2) is 27.8 Å². The van der Waals surface area contributed by atoms with Crippen LogP contribution >= 0.6 is 23.1 Å². The highest BCUT2D eigenvalue weighted by molar-refractivity contribution is 7.99. The second-order valence-corrected chi connectivity index (χ2v) is 11.2. The van der Waals surface area contributed by atoms with Crippen LogP contribution in [-0.2, 0) is 17.6 Å². The fourth-order valence-electron chi connectivity index (χ4n) is 4.52. The Kier molecular flexibility index (Phi) is 7.16. The van der Waals surface area contributed by atoms with E-state index in [0.717, 1.165) is 52.0 Å². The topological polar surface area (TPSA) is 73.2 Å². The molecule has 2 aromatic carbocycles. The van der Waals surface area contributed by atoms with Crippen molar-refractivity contribution in [2.75, 3.05) is 17.7 Å². The largest absolute Gasteiger partial charge is 0.494 e. The highest BCUT2D eigenvalue weighted by Crippen LogP contribution is 2.37. The van der Waals surface area contributed by atoms with Crippen LogP contribution in [0.1, 0.15) is 36.3 Å². The Morgan fingerprint density at radius 1 is 1.19 bits per heavy atom. The number of rotatable bonds is 7. The molecular weight excluding hydrogens is 490 g/mol. The van der Waals surface area contributed by atoms with Gasteiger partial charge in [-0.2, -0.15) is 0 Å². The van der Waals surface area contributed by atoms with Gasteiger partial charge in [0.1, 0.15) is 10.6 Å². The van der Waals surface area contributed by atoms with Gasteiger partial charge >= 0.3 is 0 Å². The second-order valence-electron chi connectivity index (χ2n) is 9.20. The lowest BCUT2D eigenvalue weighted by molar-refractivity contribution is -0.113. The highest BCUT2D eigenvalue weighted by Gasteiger charge is 2.25. The number of hydrogen-bond acceptors (Lipinski definition) is 6. The van der Waals surface area contributed by atoms with Gasteiger partial charge in [-0.25, -0.2) is 4.98 Å². The molecule has 0 saturated heterocycles. The van der Waals surface area contributed by atoms with Crippen LogP contribution in [0.25, 0.3) is 15.9 Å². The van der Waals surface area contributed by atoms with Crippen molar-refractivity contribution in [2.24, 2.45) is 5.92 Å². The quantitative estimate of drug-likeness (QED) is 0.239. The minimum Gasteiger partial charge on any atom is -0.494 e. The molecule has 0 fully saturated rings. The Labute approximate surface area is 218 Å². The van der Waals surface area contributed by atoms with E-state index in [1.54, 1.807) is 15.9 Å². The van der Waals surface area contributed by atoms with Crippen LogP contribution in [0.2, 0.25) is 0 Å². The van der Waals surface area contributed by atoms with Crippen LogP contribution in [0.3, 0.4) is 0 Å². The Bertz CT molecular complexity index is 1460. The summed E-state index contributed by atoms with van der Waals surface area (Å²) >= 11 is 2.90. The second kappa shape index (κ2) is 10.5. The predicted octanol–water partition coefficient (Wildman–Crippen LogP) is 6.01. The molecule has 1 N–H and O–H groups in total. The van der Waals surface area contributed by atoms with Crippen molar-refractivity contribution in [3.63, 3.8) is 0 Å². The van der Waals surface area contributed by atoms with Crippen molar-refractivity contribution < 1.29 is 9.53 Å². The lowest BCUT2D eigenvalue weighted by atomic mass is 9.89. The van der Waals surface area contributed by atoms with Crippen molar-refractivity contribution >= 4 is 44.9 Å². The van der Waals surface area contributed by atoms with Crippen LogP contribution < -0.4 is 15.6 Å². The summed E-state index contributed by atoms with van der Waals surface area (Å²) in [6.07, 6.45) is 2.97. The summed E-state index contributed by atoms with van der Waals surface area (Å²) in [5.74, 6) is 1.36. The number of nitrogens with one attached hydrogen (secondary N) is 1. The van der Waals surface area contributed by atoms with E-state index >= 15 is 0 Å². The molecule has 0 aliphatic heterocycles. The maximum Gasteiger partial charge on any atom is 0.267 e. The number of hydrogen-bond donors (Lipinski definition) is 1. The van der Waals surface area contributed by atoms with Crippen molar-refractivity contribution in [1.82, 2.24) is 9.55 Å². The Morgan fingerprint density at radius 2 is 1.94 bits per heavy atom. The molecule has 0 saturated carbocycles. The number of aromatic nitrogens is 2. The van der Waals surface area contributed by atoms with Gasteiger partial charge in [0.15, 0.2) is 5.16 Å². The summed E-state index contributed by atoms with van der Waals surface area (Å²) in [7, 11) is 0. The van der Waals surface area contributed by atoms with Crippen LogP contribution in [0.5, 0.6) is 5.75 Å². The van der Waals surface area contributed by atoms with E-state index in [9.17, 15) is 9.59 Å². The van der Waals surface area contributed by atoms with Crippen molar-refractivity contribution in [2.45, 2.75) is 45.2 Å². The molecule has 1 unspecified atom stereocenters. The number of anilines is 1. The maximum atomic E-state index is 13.9. The monoisotopic (exact) mass is 519 g/mol. The van der Waals surface area contributed by atoms with Crippen LogP contribution in [0.15, 0.2) is 58.5 Å². The van der Waals surface area contributed by atoms with Crippen molar-refractivity contribution in [1.29, 1.82) is 0 Å². The molecule has 6 nitrogen and oxygen atoms in total. The molecule has 4 aromatic rings. The van der Waals surface area contributed by atoms with E-state index in [-0.39, 0.29) is 17.2 Å². The maximum absolute atomic E-state index is 13.9. The number of nitrogens with zero attached hydrogens (tertiary/aromatic N) is 2. The first kappa shape index (κ1) is 24.6. The highest BCUT2D eigenvalue weighted by atomic mass is 32.2. The molecule has 0 spiro atoms. The fourth-order valence-corrected chi connectivity index (χ4v) is 6.75. The lowest BCUT2D eigenvalue weighted by Gasteiger charge is -2.18. The molecule has 2 heterocycles. The molecular formula is C28H29N3O3S2. The number of benzene rings is 2. The van der Waals surface area contributed by atoms with E-state index in [1.807, 2.05) is 62.4 Å². The number of amides is 1. The molecule has 1 atom stereocenters. The molecule has 1 aliphatic rings. The number of aryl methyl sites for hydroxylation is 2. The average Bonchev–Trinajstić information content (AvgIpc) is 3.22. The Balaban J connectivity index is 1.51. The van der Waals surface area contributed by atoms with Gasteiger partial charge in [-0.15, -0.1) is 11.3 Å². The summed E-state index contributed by atoms with van der Waals surface area (Å²) in [6.45, 7) is 6.77. The number of ether oxygens (including phenoxy) is 1. The summed E-state index contributed by atoms with van der Waals surface area (Å²) in [5, 5.41) is 4.17. The summed E-state index contributed by atoms with van der Waals surface area (Å²) in [4.78, 5) is 33.6. The van der Waals surface area contributed by atoms with E-state index in [4.69, 9.17) is 9.72 Å². The zero-order chi connectivity index (χ0) is 25.2. The van der Waals surface area contributed by atoms with E-state index in [0.29, 0.717) is 23.4 Å². The first-order valence-corrected chi connectivity index (χ1v) is 14.0. The Hall–Kier alpha value is -3.10. The van der Waals surface area contributed by atoms with Gasteiger partial charge in [-0.1, -0.05) is 36.4 Å². The molecule has 1 amide bonds. The normalized spacial score (nSPS) is 15.0. The van der Waals surface area contributed by atoms with Gasteiger partial charge in [0, 0.05) is 10.6 Å². The third-order valence-corrected chi connectivity index (χ3v) is 8.46. The summed E-state index contributed by atoms with van der Waals surface area (Å²) in [5.41, 5.74) is 3.67. The van der Waals surface area contributed by atoms with Crippen molar-refractivity contribution in [3.05, 3.63) is 74.9 Å². The van der Waals surface area contributed by atoms with E-state index in [2.05, 4.69) is 12.2 Å². The lowest BCUT2D eigenvalue weighted by Crippen LogP contribution is -2.23. The summed E-state index contributed by atoms with van der Waals surface area (Å²) < 4.78 is 7.23. The van der Waals surface area contributed by atoms with Crippen molar-refractivity contribution in [3.8, 4) is 11.4 Å². The molecule has 0 radical (unpaired) electrons. The molecule has 0 bridgehead atoms. The predicted molar refractivity (Wildman–Crippen MR) is 148 cm³/mol. The standard InChI is InChI=1S/C28H29N3O3S2/c1-4-34-21-12-10-20(11-13-21)31-27(33)25-22-14-7-18(3)15-23(22)36-26(25)30-28(31)35-16-24(32)29-19-8-5-17(2)6-9-19/h5-6,8-13,18H,4,7,14-16H2,1-3H3,(H,29,32).